The van der Waals surface area contributed by atoms with Gasteiger partial charge in [-0.2, -0.15) is 0 Å². The normalized spacial score (nSPS) is 16.1. The summed E-state index contributed by atoms with van der Waals surface area (Å²) in [7, 11) is 0. The third kappa shape index (κ3) is 4.57. The quantitative estimate of drug-likeness (QED) is 0.600. The van der Waals surface area contributed by atoms with E-state index < -0.39 is 0 Å². The second kappa shape index (κ2) is 4.51. The van der Waals surface area contributed by atoms with Crippen LogP contribution in [0.5, 0.6) is 0 Å². The molecule has 0 spiro atoms. The van der Waals surface area contributed by atoms with Gasteiger partial charge in [-0.05, 0) is 33.1 Å². The predicted octanol–water partition coefficient (Wildman–Crippen LogP) is 2.36. The molecule has 0 heterocycles. The third-order valence-electron chi connectivity index (χ3n) is 1.72. The second-order valence-electron chi connectivity index (χ2n) is 3.24. The van der Waals surface area contributed by atoms with E-state index in [0.717, 1.165) is 6.42 Å². The van der Waals surface area contributed by atoms with E-state index in [1.807, 2.05) is 6.92 Å². The van der Waals surface area contributed by atoms with Crippen molar-refractivity contribution in [2.24, 2.45) is 5.92 Å². The van der Waals surface area contributed by atoms with Crippen LogP contribution in [0, 0.1) is 5.92 Å². The Morgan fingerprint density at radius 3 is 2.20 bits per heavy atom. The summed E-state index contributed by atoms with van der Waals surface area (Å²) in [6, 6.07) is 0. The Kier molecular flexibility index (Phi) is 4.37. The monoisotopic (exact) mass is 142 g/mol. The van der Waals surface area contributed by atoms with Gasteiger partial charge in [-0.1, -0.05) is 18.6 Å². The van der Waals surface area contributed by atoms with Crippen LogP contribution in [0.25, 0.3) is 0 Å². The van der Waals surface area contributed by atoms with Crippen LogP contribution in [-0.2, 0) is 0 Å². The van der Waals surface area contributed by atoms with Crippen LogP contribution in [0.1, 0.15) is 34.1 Å². The minimum atomic E-state index is -0.185. The van der Waals surface area contributed by atoms with E-state index >= 15 is 0 Å². The van der Waals surface area contributed by atoms with E-state index in [0.29, 0.717) is 5.92 Å². The van der Waals surface area contributed by atoms with E-state index in [1.54, 1.807) is 0 Å². The standard InChI is InChI=1S/C9H18O/c1-7(2)5-6-8(3)9(4)10/h5,8-10H,6H2,1-4H3/t8-,9+/m0/s1. The number of aliphatic hydroxyl groups is 1. The molecule has 0 saturated carbocycles. The average Bonchev–Trinajstić information content (AvgIpc) is 1.82. The van der Waals surface area contributed by atoms with Crippen molar-refractivity contribution < 1.29 is 5.11 Å². The van der Waals surface area contributed by atoms with Crippen LogP contribution in [0.3, 0.4) is 0 Å². The highest BCUT2D eigenvalue weighted by Crippen LogP contribution is 2.09. The molecule has 10 heavy (non-hydrogen) atoms. The van der Waals surface area contributed by atoms with Gasteiger partial charge in [0.1, 0.15) is 0 Å². The van der Waals surface area contributed by atoms with E-state index in [4.69, 9.17) is 5.11 Å². The average molecular weight is 142 g/mol. The molecule has 0 saturated heterocycles. The lowest BCUT2D eigenvalue weighted by atomic mass is 10.0. The summed E-state index contributed by atoms with van der Waals surface area (Å²) in [6.07, 6.45) is 2.97. The summed E-state index contributed by atoms with van der Waals surface area (Å²) in [6.45, 7) is 8.05. The van der Waals surface area contributed by atoms with Crippen molar-refractivity contribution in [2.45, 2.75) is 40.2 Å². The fraction of sp³-hybridized carbons (Fsp3) is 0.778. The largest absolute Gasteiger partial charge is 0.393 e. The predicted molar refractivity (Wildman–Crippen MR) is 44.9 cm³/mol. The second-order valence-corrected chi connectivity index (χ2v) is 3.24. The smallest absolute Gasteiger partial charge is 0.0540 e. The van der Waals surface area contributed by atoms with Crippen molar-refractivity contribution in [2.75, 3.05) is 0 Å². The summed E-state index contributed by atoms with van der Waals surface area (Å²) in [4.78, 5) is 0. The van der Waals surface area contributed by atoms with Crippen LogP contribution >= 0.6 is 0 Å². The highest BCUT2D eigenvalue weighted by Gasteiger charge is 2.05. The lowest BCUT2D eigenvalue weighted by Crippen LogP contribution is -2.11. The molecule has 0 aromatic heterocycles. The zero-order chi connectivity index (χ0) is 8.15. The molecular weight excluding hydrogens is 124 g/mol. The van der Waals surface area contributed by atoms with Gasteiger partial charge in [0.15, 0.2) is 0 Å². The van der Waals surface area contributed by atoms with Gasteiger partial charge >= 0.3 is 0 Å². The highest BCUT2D eigenvalue weighted by molar-refractivity contribution is 4.93. The van der Waals surface area contributed by atoms with Crippen LogP contribution in [0.2, 0.25) is 0 Å². The summed E-state index contributed by atoms with van der Waals surface area (Å²) in [5, 5.41) is 9.10. The Morgan fingerprint density at radius 1 is 1.40 bits per heavy atom. The molecule has 0 aliphatic rings. The molecule has 0 amide bonds. The lowest BCUT2D eigenvalue weighted by Gasteiger charge is -2.11. The van der Waals surface area contributed by atoms with Crippen LogP contribution in [0.15, 0.2) is 11.6 Å². The van der Waals surface area contributed by atoms with Crippen LogP contribution in [0.4, 0.5) is 0 Å². The zero-order valence-corrected chi connectivity index (χ0v) is 7.39. The topological polar surface area (TPSA) is 20.2 Å². The Balaban J connectivity index is 3.59. The van der Waals surface area contributed by atoms with Gasteiger partial charge in [0.25, 0.3) is 0 Å². The van der Waals surface area contributed by atoms with E-state index in [2.05, 4.69) is 26.8 Å². The maximum atomic E-state index is 9.10. The third-order valence-corrected chi connectivity index (χ3v) is 1.72. The Labute approximate surface area is 63.8 Å². The van der Waals surface area contributed by atoms with Crippen molar-refractivity contribution in [3.8, 4) is 0 Å². The number of rotatable bonds is 3. The molecule has 1 N–H and O–H groups in total. The Hall–Kier alpha value is -0.300. The van der Waals surface area contributed by atoms with Crippen molar-refractivity contribution in [1.29, 1.82) is 0 Å². The number of allylic oxidation sites excluding steroid dienone is 2. The first-order valence-electron chi connectivity index (χ1n) is 3.85. The first-order valence-corrected chi connectivity index (χ1v) is 3.85. The molecule has 1 nitrogen and oxygen atoms in total. The van der Waals surface area contributed by atoms with Crippen LogP contribution in [-0.4, -0.2) is 11.2 Å². The summed E-state index contributed by atoms with van der Waals surface area (Å²) in [5.41, 5.74) is 1.33. The molecular formula is C9H18O. The summed E-state index contributed by atoms with van der Waals surface area (Å²) < 4.78 is 0. The number of hydrogen-bond donors (Lipinski definition) is 1. The SMILES string of the molecule is CC(C)=CC[C@H](C)[C@@H](C)O. The van der Waals surface area contributed by atoms with E-state index in [9.17, 15) is 0 Å². The van der Waals surface area contributed by atoms with Crippen molar-refractivity contribution in [3.63, 3.8) is 0 Å². The highest BCUT2D eigenvalue weighted by atomic mass is 16.3. The number of hydrogen-bond acceptors (Lipinski definition) is 1. The fourth-order valence-corrected chi connectivity index (χ4v) is 0.619. The van der Waals surface area contributed by atoms with E-state index in [1.165, 1.54) is 5.57 Å². The maximum Gasteiger partial charge on any atom is 0.0540 e. The molecule has 0 unspecified atom stereocenters. The molecule has 0 rings (SSSR count). The van der Waals surface area contributed by atoms with Crippen molar-refractivity contribution in [1.82, 2.24) is 0 Å². The fourth-order valence-electron chi connectivity index (χ4n) is 0.619. The Bertz CT molecular complexity index is 110. The molecule has 0 aromatic carbocycles. The van der Waals surface area contributed by atoms with Gasteiger partial charge in [-0.15, -0.1) is 0 Å². The summed E-state index contributed by atoms with van der Waals surface area (Å²) in [5.74, 6) is 0.384. The Morgan fingerprint density at radius 2 is 1.90 bits per heavy atom. The molecule has 0 radical (unpaired) electrons. The molecule has 2 atom stereocenters. The van der Waals surface area contributed by atoms with Crippen LogP contribution < -0.4 is 0 Å². The van der Waals surface area contributed by atoms with Crippen molar-refractivity contribution >= 4 is 0 Å². The van der Waals surface area contributed by atoms with Gasteiger partial charge in [0.2, 0.25) is 0 Å². The molecule has 0 aliphatic carbocycles. The molecule has 0 fully saturated rings. The maximum absolute atomic E-state index is 9.10. The van der Waals surface area contributed by atoms with Gasteiger partial charge in [-0.3, -0.25) is 0 Å². The molecule has 0 bridgehead atoms. The lowest BCUT2D eigenvalue weighted by molar-refractivity contribution is 0.136. The molecule has 60 valence electrons. The van der Waals surface area contributed by atoms with Crippen molar-refractivity contribution in [3.05, 3.63) is 11.6 Å². The van der Waals surface area contributed by atoms with Gasteiger partial charge < -0.3 is 5.11 Å². The minimum Gasteiger partial charge on any atom is -0.393 e. The molecule has 0 aromatic rings. The van der Waals surface area contributed by atoms with Gasteiger partial charge in [-0.25, -0.2) is 0 Å². The first-order chi connectivity index (χ1) is 4.54. The van der Waals surface area contributed by atoms with Gasteiger partial charge in [0, 0.05) is 0 Å². The molecule has 1 heteroatoms. The zero-order valence-electron chi connectivity index (χ0n) is 7.39. The summed E-state index contributed by atoms with van der Waals surface area (Å²) >= 11 is 0. The first kappa shape index (κ1) is 9.70. The minimum absolute atomic E-state index is 0.185. The van der Waals surface area contributed by atoms with Gasteiger partial charge in [0.05, 0.1) is 6.10 Å². The van der Waals surface area contributed by atoms with E-state index in [-0.39, 0.29) is 6.10 Å². The number of aliphatic hydroxyl groups excluding tert-OH is 1. The molecule has 0 aliphatic heterocycles.